The van der Waals surface area contributed by atoms with Crippen LogP contribution in [0.25, 0.3) is 0 Å². The molecule has 0 bridgehead atoms. The molecule has 0 radical (unpaired) electrons. The Morgan fingerprint density at radius 1 is 1.67 bits per heavy atom. The zero-order valence-electron chi connectivity index (χ0n) is 10.6. The van der Waals surface area contributed by atoms with Crippen molar-refractivity contribution in [3.05, 3.63) is 23.9 Å². The Kier molecular flexibility index (Phi) is 4.15. The van der Waals surface area contributed by atoms with Gasteiger partial charge in [-0.15, -0.1) is 0 Å². The van der Waals surface area contributed by atoms with Gasteiger partial charge in [0, 0.05) is 18.8 Å². The summed E-state index contributed by atoms with van der Waals surface area (Å²) in [7, 11) is 0. The maximum Gasteiger partial charge on any atom is 0.335 e. The number of rotatable bonds is 4. The smallest absolute Gasteiger partial charge is 0.335 e. The normalized spacial score (nSPS) is 20.6. The highest BCUT2D eigenvalue weighted by molar-refractivity contribution is 5.88. The molecule has 0 spiro atoms. The van der Waals surface area contributed by atoms with Crippen LogP contribution in [0.1, 0.15) is 30.1 Å². The molecule has 1 aliphatic heterocycles. The molecule has 2 heterocycles. The SMILES string of the molecule is CCN1CCCC(Nc2cc(C(=O)O)ccn2)C1. The molecule has 2 rings (SSSR count). The molecule has 1 aromatic heterocycles. The van der Waals surface area contributed by atoms with Crippen LogP contribution < -0.4 is 5.32 Å². The second-order valence-corrected chi connectivity index (χ2v) is 4.61. The number of anilines is 1. The number of carboxylic acids is 1. The van der Waals surface area contributed by atoms with Gasteiger partial charge in [0.05, 0.1) is 5.56 Å². The Labute approximate surface area is 107 Å². The largest absolute Gasteiger partial charge is 0.478 e. The van der Waals surface area contributed by atoms with E-state index in [1.54, 1.807) is 6.07 Å². The molecule has 1 unspecified atom stereocenters. The van der Waals surface area contributed by atoms with Gasteiger partial charge < -0.3 is 15.3 Å². The number of likely N-dealkylation sites (tertiary alicyclic amines) is 1. The lowest BCUT2D eigenvalue weighted by Gasteiger charge is -2.32. The summed E-state index contributed by atoms with van der Waals surface area (Å²) < 4.78 is 0. The first kappa shape index (κ1) is 12.8. The monoisotopic (exact) mass is 249 g/mol. The Bertz CT molecular complexity index is 422. The molecule has 0 saturated carbocycles. The number of carbonyl (C=O) groups is 1. The van der Waals surface area contributed by atoms with E-state index >= 15 is 0 Å². The molecule has 1 aromatic rings. The van der Waals surface area contributed by atoms with Crippen molar-refractivity contribution < 1.29 is 9.90 Å². The number of aromatic nitrogens is 1. The van der Waals surface area contributed by atoms with Gasteiger partial charge in [0.25, 0.3) is 0 Å². The van der Waals surface area contributed by atoms with Crippen molar-refractivity contribution in [2.24, 2.45) is 0 Å². The maximum atomic E-state index is 10.9. The predicted molar refractivity (Wildman–Crippen MR) is 70.0 cm³/mol. The van der Waals surface area contributed by atoms with Gasteiger partial charge >= 0.3 is 5.97 Å². The lowest BCUT2D eigenvalue weighted by molar-refractivity contribution is 0.0697. The Hall–Kier alpha value is -1.62. The summed E-state index contributed by atoms with van der Waals surface area (Å²) in [4.78, 5) is 17.4. The van der Waals surface area contributed by atoms with E-state index in [1.807, 2.05) is 0 Å². The van der Waals surface area contributed by atoms with E-state index in [9.17, 15) is 4.79 Å². The zero-order chi connectivity index (χ0) is 13.0. The summed E-state index contributed by atoms with van der Waals surface area (Å²) >= 11 is 0. The lowest BCUT2D eigenvalue weighted by atomic mass is 10.1. The summed E-state index contributed by atoms with van der Waals surface area (Å²) in [5.74, 6) is -0.267. The van der Waals surface area contributed by atoms with Crippen molar-refractivity contribution in [2.75, 3.05) is 25.0 Å². The van der Waals surface area contributed by atoms with Crippen LogP contribution in [-0.4, -0.2) is 46.6 Å². The van der Waals surface area contributed by atoms with Crippen molar-refractivity contribution in [3.8, 4) is 0 Å². The first-order valence-corrected chi connectivity index (χ1v) is 6.37. The fourth-order valence-electron chi connectivity index (χ4n) is 2.31. The molecule has 0 aliphatic carbocycles. The van der Waals surface area contributed by atoms with Crippen molar-refractivity contribution in [3.63, 3.8) is 0 Å². The van der Waals surface area contributed by atoms with Crippen LogP contribution in [0, 0.1) is 0 Å². The van der Waals surface area contributed by atoms with E-state index < -0.39 is 5.97 Å². The quantitative estimate of drug-likeness (QED) is 0.850. The first-order valence-electron chi connectivity index (χ1n) is 6.37. The fourth-order valence-corrected chi connectivity index (χ4v) is 2.31. The molecule has 0 amide bonds. The standard InChI is InChI=1S/C13H19N3O2/c1-2-16-7-3-4-11(9-16)15-12-8-10(13(17)18)5-6-14-12/h5-6,8,11H,2-4,7,9H2,1H3,(H,14,15)(H,17,18). The Morgan fingerprint density at radius 3 is 3.22 bits per heavy atom. The summed E-state index contributed by atoms with van der Waals surface area (Å²) in [6.07, 6.45) is 3.81. The highest BCUT2D eigenvalue weighted by atomic mass is 16.4. The first-order chi connectivity index (χ1) is 8.69. The van der Waals surface area contributed by atoms with Crippen LogP contribution in [-0.2, 0) is 0 Å². The van der Waals surface area contributed by atoms with Crippen molar-refractivity contribution in [1.29, 1.82) is 0 Å². The van der Waals surface area contributed by atoms with Gasteiger partial charge in [-0.1, -0.05) is 6.92 Å². The number of nitrogens with one attached hydrogen (secondary N) is 1. The molecule has 18 heavy (non-hydrogen) atoms. The summed E-state index contributed by atoms with van der Waals surface area (Å²) in [6.45, 7) is 5.36. The third-order valence-electron chi connectivity index (χ3n) is 3.31. The van der Waals surface area contributed by atoms with Crippen LogP contribution in [0.4, 0.5) is 5.82 Å². The van der Waals surface area contributed by atoms with E-state index in [2.05, 4.69) is 22.1 Å². The van der Waals surface area contributed by atoms with Gasteiger partial charge in [-0.2, -0.15) is 0 Å². The average Bonchev–Trinajstić information content (AvgIpc) is 2.39. The van der Waals surface area contributed by atoms with Gasteiger partial charge in [0.1, 0.15) is 5.82 Å². The Morgan fingerprint density at radius 2 is 2.50 bits per heavy atom. The minimum absolute atomic E-state index is 0.274. The summed E-state index contributed by atoms with van der Waals surface area (Å²) in [5, 5.41) is 12.3. The van der Waals surface area contributed by atoms with E-state index in [-0.39, 0.29) is 5.56 Å². The average molecular weight is 249 g/mol. The molecule has 1 aliphatic rings. The molecule has 1 saturated heterocycles. The summed E-state index contributed by atoms with van der Waals surface area (Å²) in [6, 6.07) is 3.45. The number of nitrogens with zero attached hydrogens (tertiary/aromatic N) is 2. The number of likely N-dealkylation sites (N-methyl/N-ethyl adjacent to an activating group) is 1. The van der Waals surface area contributed by atoms with Crippen LogP contribution in [0.15, 0.2) is 18.3 Å². The van der Waals surface area contributed by atoms with E-state index in [4.69, 9.17) is 5.11 Å². The van der Waals surface area contributed by atoms with E-state index in [0.29, 0.717) is 11.9 Å². The number of piperidine rings is 1. The highest BCUT2D eigenvalue weighted by Crippen LogP contribution is 2.15. The number of aromatic carboxylic acids is 1. The number of pyridine rings is 1. The van der Waals surface area contributed by atoms with Crippen molar-refractivity contribution >= 4 is 11.8 Å². The third kappa shape index (κ3) is 3.20. The molecule has 0 aromatic carbocycles. The molecule has 98 valence electrons. The van der Waals surface area contributed by atoms with Gasteiger partial charge in [-0.3, -0.25) is 0 Å². The van der Waals surface area contributed by atoms with Gasteiger partial charge in [0.15, 0.2) is 0 Å². The van der Waals surface area contributed by atoms with Crippen LogP contribution >= 0.6 is 0 Å². The Balaban J connectivity index is 2.00. The van der Waals surface area contributed by atoms with Gasteiger partial charge in [-0.05, 0) is 38.1 Å². The third-order valence-corrected chi connectivity index (χ3v) is 3.31. The van der Waals surface area contributed by atoms with Crippen molar-refractivity contribution in [1.82, 2.24) is 9.88 Å². The molecule has 5 heteroatoms. The second kappa shape index (κ2) is 5.82. The summed E-state index contributed by atoms with van der Waals surface area (Å²) in [5.41, 5.74) is 0.274. The minimum atomic E-state index is -0.917. The van der Waals surface area contributed by atoms with E-state index in [0.717, 1.165) is 26.1 Å². The van der Waals surface area contributed by atoms with Gasteiger partial charge in [-0.25, -0.2) is 9.78 Å². The molecule has 1 fully saturated rings. The zero-order valence-corrected chi connectivity index (χ0v) is 10.6. The molecule has 1 atom stereocenters. The topological polar surface area (TPSA) is 65.5 Å². The predicted octanol–water partition coefficient (Wildman–Crippen LogP) is 1.68. The minimum Gasteiger partial charge on any atom is -0.478 e. The van der Waals surface area contributed by atoms with E-state index in [1.165, 1.54) is 18.7 Å². The number of hydrogen-bond acceptors (Lipinski definition) is 4. The molecule has 2 N–H and O–H groups in total. The van der Waals surface area contributed by atoms with Gasteiger partial charge in [0.2, 0.25) is 0 Å². The fraction of sp³-hybridized carbons (Fsp3) is 0.538. The number of carboxylic acid groups (broad SMARTS) is 1. The molecular formula is C13H19N3O2. The highest BCUT2D eigenvalue weighted by Gasteiger charge is 2.18. The number of hydrogen-bond donors (Lipinski definition) is 2. The second-order valence-electron chi connectivity index (χ2n) is 4.61. The van der Waals surface area contributed by atoms with Crippen LogP contribution in [0.3, 0.4) is 0 Å². The molecular weight excluding hydrogens is 230 g/mol. The molecule has 5 nitrogen and oxygen atoms in total. The van der Waals surface area contributed by atoms with Crippen LogP contribution in [0.5, 0.6) is 0 Å². The van der Waals surface area contributed by atoms with Crippen molar-refractivity contribution in [2.45, 2.75) is 25.8 Å². The lowest BCUT2D eigenvalue weighted by Crippen LogP contribution is -2.41. The maximum absolute atomic E-state index is 10.9. The van der Waals surface area contributed by atoms with Crippen LogP contribution in [0.2, 0.25) is 0 Å².